The Hall–Kier alpha value is -0.970. The van der Waals surface area contributed by atoms with Crippen LogP contribution >= 0.6 is 11.6 Å². The number of methoxy groups -OCH3 is 1. The molecule has 1 saturated heterocycles. The Morgan fingerprint density at radius 1 is 1.53 bits per heavy atom. The molecule has 0 amide bonds. The highest BCUT2D eigenvalue weighted by Crippen LogP contribution is 2.31. The van der Waals surface area contributed by atoms with Crippen LogP contribution in [-0.2, 0) is 4.74 Å². The lowest BCUT2D eigenvalue weighted by Gasteiger charge is -2.40. The van der Waals surface area contributed by atoms with Gasteiger partial charge in [-0.1, -0.05) is 11.6 Å². The Bertz CT molecular complexity index is 388. The van der Waals surface area contributed by atoms with Crippen LogP contribution in [0.3, 0.4) is 0 Å². The van der Waals surface area contributed by atoms with Gasteiger partial charge in [-0.2, -0.15) is 0 Å². The van der Waals surface area contributed by atoms with Crippen LogP contribution in [-0.4, -0.2) is 38.6 Å². The summed E-state index contributed by atoms with van der Waals surface area (Å²) in [7, 11) is 1.61. The Labute approximate surface area is 105 Å². The van der Waals surface area contributed by atoms with Gasteiger partial charge in [0.05, 0.1) is 38.0 Å². The summed E-state index contributed by atoms with van der Waals surface area (Å²) in [5.74, 6) is 0.739. The van der Waals surface area contributed by atoms with Crippen molar-refractivity contribution >= 4 is 17.3 Å². The minimum absolute atomic E-state index is 0.114. The van der Waals surface area contributed by atoms with Crippen LogP contribution in [0.1, 0.15) is 0 Å². The van der Waals surface area contributed by atoms with Crippen molar-refractivity contribution in [2.24, 2.45) is 5.41 Å². The number of anilines is 1. The molecular formula is C12H16ClNO3. The smallest absolute Gasteiger partial charge is 0.142 e. The molecule has 0 radical (unpaired) electrons. The first-order valence-corrected chi connectivity index (χ1v) is 5.83. The molecule has 2 rings (SSSR count). The zero-order chi connectivity index (χ0) is 12.3. The molecule has 4 nitrogen and oxygen atoms in total. The van der Waals surface area contributed by atoms with Crippen molar-refractivity contribution in [1.82, 2.24) is 0 Å². The van der Waals surface area contributed by atoms with Gasteiger partial charge in [0.1, 0.15) is 5.75 Å². The molecule has 17 heavy (non-hydrogen) atoms. The molecule has 0 atom stereocenters. The third-order valence-electron chi connectivity index (χ3n) is 2.97. The Morgan fingerprint density at radius 2 is 2.29 bits per heavy atom. The Kier molecular flexibility index (Phi) is 3.76. The highest BCUT2D eigenvalue weighted by atomic mass is 35.5. The quantitative estimate of drug-likeness (QED) is 0.844. The summed E-state index contributed by atoms with van der Waals surface area (Å²) in [5.41, 5.74) is 0.660. The molecule has 1 fully saturated rings. The standard InChI is InChI=1S/C12H16ClNO3/c1-16-11-3-2-9(13)4-10(11)14-5-12(6-15)7-17-8-12/h2-4,14-15H,5-8H2,1H3. The van der Waals surface area contributed by atoms with Gasteiger partial charge in [0.2, 0.25) is 0 Å². The molecule has 94 valence electrons. The van der Waals surface area contributed by atoms with E-state index >= 15 is 0 Å². The largest absolute Gasteiger partial charge is 0.495 e. The van der Waals surface area contributed by atoms with E-state index in [1.54, 1.807) is 13.2 Å². The molecule has 1 aliphatic rings. The van der Waals surface area contributed by atoms with Crippen molar-refractivity contribution in [3.05, 3.63) is 23.2 Å². The molecule has 1 aromatic rings. The molecule has 0 aromatic heterocycles. The van der Waals surface area contributed by atoms with Crippen LogP contribution in [0, 0.1) is 5.41 Å². The monoisotopic (exact) mass is 257 g/mol. The highest BCUT2D eigenvalue weighted by Gasteiger charge is 2.37. The van der Waals surface area contributed by atoms with Crippen LogP contribution in [0.25, 0.3) is 0 Å². The zero-order valence-electron chi connectivity index (χ0n) is 9.70. The van der Waals surface area contributed by atoms with E-state index in [2.05, 4.69) is 5.32 Å². The predicted molar refractivity (Wildman–Crippen MR) is 66.8 cm³/mol. The molecule has 0 saturated carbocycles. The van der Waals surface area contributed by atoms with Crippen molar-refractivity contribution in [3.63, 3.8) is 0 Å². The van der Waals surface area contributed by atoms with E-state index in [4.69, 9.17) is 21.1 Å². The first-order chi connectivity index (χ1) is 8.19. The van der Waals surface area contributed by atoms with Gasteiger partial charge in [-0.05, 0) is 18.2 Å². The Balaban J connectivity index is 2.05. The normalized spacial score (nSPS) is 17.4. The second kappa shape index (κ2) is 5.12. The van der Waals surface area contributed by atoms with Crippen LogP contribution < -0.4 is 10.1 Å². The van der Waals surface area contributed by atoms with Crippen LogP contribution in [0.2, 0.25) is 5.02 Å². The van der Waals surface area contributed by atoms with Crippen molar-refractivity contribution in [3.8, 4) is 5.75 Å². The SMILES string of the molecule is COc1ccc(Cl)cc1NCC1(CO)COC1. The van der Waals surface area contributed by atoms with Crippen molar-refractivity contribution in [2.45, 2.75) is 0 Å². The van der Waals surface area contributed by atoms with Crippen molar-refractivity contribution in [1.29, 1.82) is 0 Å². The summed E-state index contributed by atoms with van der Waals surface area (Å²) in [6, 6.07) is 5.40. The summed E-state index contributed by atoms with van der Waals surface area (Å²) in [5, 5.41) is 13.2. The predicted octanol–water partition coefficient (Wildman–Crippen LogP) is 1.77. The van der Waals surface area contributed by atoms with Crippen molar-refractivity contribution < 1.29 is 14.6 Å². The molecule has 5 heteroatoms. The third kappa shape index (κ3) is 2.65. The van der Waals surface area contributed by atoms with E-state index in [9.17, 15) is 5.11 Å². The van der Waals surface area contributed by atoms with Gasteiger partial charge < -0.3 is 19.9 Å². The number of hydrogen-bond acceptors (Lipinski definition) is 4. The summed E-state index contributed by atoms with van der Waals surface area (Å²) in [6.45, 7) is 1.92. The highest BCUT2D eigenvalue weighted by molar-refractivity contribution is 6.30. The molecule has 0 unspecified atom stereocenters. The van der Waals surface area contributed by atoms with Gasteiger partial charge in [-0.25, -0.2) is 0 Å². The van der Waals surface area contributed by atoms with Gasteiger partial charge in [0.15, 0.2) is 0 Å². The average Bonchev–Trinajstić information content (AvgIpc) is 2.28. The number of nitrogens with one attached hydrogen (secondary N) is 1. The van der Waals surface area contributed by atoms with E-state index in [0.717, 1.165) is 11.4 Å². The van der Waals surface area contributed by atoms with Gasteiger partial charge in [0.25, 0.3) is 0 Å². The zero-order valence-corrected chi connectivity index (χ0v) is 10.5. The number of benzene rings is 1. The van der Waals surface area contributed by atoms with E-state index < -0.39 is 0 Å². The maximum Gasteiger partial charge on any atom is 0.142 e. The molecule has 1 heterocycles. The summed E-state index contributed by atoms with van der Waals surface area (Å²) < 4.78 is 10.4. The summed E-state index contributed by atoms with van der Waals surface area (Å²) >= 11 is 5.94. The number of aliphatic hydroxyl groups is 1. The number of hydrogen-bond donors (Lipinski definition) is 2. The van der Waals surface area contributed by atoms with Crippen molar-refractivity contribution in [2.75, 3.05) is 38.8 Å². The van der Waals surface area contributed by atoms with E-state index in [-0.39, 0.29) is 12.0 Å². The second-order valence-electron chi connectivity index (χ2n) is 4.35. The van der Waals surface area contributed by atoms with Gasteiger partial charge in [-0.15, -0.1) is 0 Å². The van der Waals surface area contributed by atoms with E-state index in [1.807, 2.05) is 12.1 Å². The molecule has 1 aromatic carbocycles. The lowest BCUT2D eigenvalue weighted by atomic mass is 9.87. The lowest BCUT2D eigenvalue weighted by molar-refractivity contribution is -0.128. The van der Waals surface area contributed by atoms with E-state index in [1.165, 1.54) is 0 Å². The van der Waals surface area contributed by atoms with Crippen LogP contribution in [0.4, 0.5) is 5.69 Å². The van der Waals surface area contributed by atoms with Gasteiger partial charge >= 0.3 is 0 Å². The molecule has 0 spiro atoms. The number of halogens is 1. The maximum atomic E-state index is 9.32. The van der Waals surface area contributed by atoms with E-state index in [0.29, 0.717) is 24.8 Å². The summed E-state index contributed by atoms with van der Waals surface area (Å²) in [4.78, 5) is 0. The summed E-state index contributed by atoms with van der Waals surface area (Å²) in [6.07, 6.45) is 0. The number of ether oxygens (including phenoxy) is 2. The first kappa shape index (κ1) is 12.5. The fourth-order valence-corrected chi connectivity index (χ4v) is 1.91. The fraction of sp³-hybridized carbons (Fsp3) is 0.500. The lowest BCUT2D eigenvalue weighted by Crippen LogP contribution is -2.50. The van der Waals surface area contributed by atoms with Gasteiger partial charge in [0, 0.05) is 11.6 Å². The molecule has 0 aliphatic carbocycles. The minimum atomic E-state index is -0.173. The number of rotatable bonds is 5. The molecule has 1 aliphatic heterocycles. The maximum absolute atomic E-state index is 9.32. The first-order valence-electron chi connectivity index (χ1n) is 5.45. The molecular weight excluding hydrogens is 242 g/mol. The number of aliphatic hydroxyl groups excluding tert-OH is 1. The van der Waals surface area contributed by atoms with Crippen LogP contribution in [0.5, 0.6) is 5.75 Å². The topological polar surface area (TPSA) is 50.7 Å². The fourth-order valence-electron chi connectivity index (χ4n) is 1.74. The average molecular weight is 258 g/mol. The molecule has 0 bridgehead atoms. The second-order valence-corrected chi connectivity index (χ2v) is 4.79. The minimum Gasteiger partial charge on any atom is -0.495 e. The van der Waals surface area contributed by atoms with Gasteiger partial charge in [-0.3, -0.25) is 0 Å². The molecule has 2 N–H and O–H groups in total. The van der Waals surface area contributed by atoms with Crippen LogP contribution in [0.15, 0.2) is 18.2 Å². The third-order valence-corrected chi connectivity index (χ3v) is 3.20. The Morgan fingerprint density at radius 3 is 2.82 bits per heavy atom.